The molecule has 162 valence electrons. The summed E-state index contributed by atoms with van der Waals surface area (Å²) in [6, 6.07) is 4.19. The summed E-state index contributed by atoms with van der Waals surface area (Å²) in [7, 11) is -5.26. The van der Waals surface area contributed by atoms with Gasteiger partial charge in [0.05, 0.1) is 0 Å². The van der Waals surface area contributed by atoms with Crippen LogP contribution in [0, 0.1) is 0 Å². The van der Waals surface area contributed by atoms with Gasteiger partial charge in [-0.05, 0) is 57.0 Å². The molecule has 0 spiro atoms. The molecule has 0 N–H and O–H groups in total. The minimum Gasteiger partial charge on any atom is -0.504 e. The smallest absolute Gasteiger partial charge is 0.388 e. The molecule has 0 aliphatic heterocycles. The van der Waals surface area contributed by atoms with Crippen molar-refractivity contribution in [2.24, 2.45) is 0 Å². The van der Waals surface area contributed by atoms with Gasteiger partial charge in [0, 0.05) is 12.6 Å². The standard InChI is InChI=1S/C20H47NO3Si3/c1-11-19(5)23-26(9,10)18-16-15-17-21(25(6,7)8)20(22)24-27(12-2,13-3)14-4/h19H,11-18H2,1-10H3. The predicted molar refractivity (Wildman–Crippen MR) is 126 cm³/mol. The third-order valence-electron chi connectivity index (χ3n) is 5.77. The number of unbranched alkanes of at least 4 members (excludes halogenated alkanes) is 1. The Labute approximate surface area is 172 Å². The van der Waals surface area contributed by atoms with Crippen LogP contribution in [0.15, 0.2) is 0 Å². The van der Waals surface area contributed by atoms with Crippen LogP contribution < -0.4 is 0 Å². The highest BCUT2D eigenvalue weighted by molar-refractivity contribution is 6.77. The summed E-state index contributed by atoms with van der Waals surface area (Å²) in [5, 5.41) is 0. The Morgan fingerprint density at radius 1 is 0.926 bits per heavy atom. The summed E-state index contributed by atoms with van der Waals surface area (Å²) >= 11 is 0. The van der Waals surface area contributed by atoms with Crippen LogP contribution in [0.2, 0.25) is 56.9 Å². The lowest BCUT2D eigenvalue weighted by Crippen LogP contribution is -2.53. The first-order valence-corrected chi connectivity index (χ1v) is 20.1. The number of hydrogen-bond acceptors (Lipinski definition) is 3. The molecule has 0 aromatic rings. The molecule has 0 bridgehead atoms. The van der Waals surface area contributed by atoms with Crippen molar-refractivity contribution >= 4 is 31.0 Å². The van der Waals surface area contributed by atoms with Gasteiger partial charge in [-0.25, -0.2) is 4.79 Å². The molecule has 0 rings (SSSR count). The molecule has 1 unspecified atom stereocenters. The van der Waals surface area contributed by atoms with Crippen molar-refractivity contribution in [3.05, 3.63) is 0 Å². The monoisotopic (exact) mass is 433 g/mol. The van der Waals surface area contributed by atoms with E-state index in [9.17, 15) is 4.79 Å². The second kappa shape index (κ2) is 11.8. The molecule has 1 amide bonds. The van der Waals surface area contributed by atoms with E-state index in [1.54, 1.807) is 0 Å². The van der Waals surface area contributed by atoms with Crippen molar-refractivity contribution < 1.29 is 13.6 Å². The molecule has 0 aromatic carbocycles. The summed E-state index contributed by atoms with van der Waals surface area (Å²) in [6.45, 7) is 23.1. The number of amides is 1. The Bertz CT molecular complexity index is 426. The van der Waals surface area contributed by atoms with E-state index < -0.39 is 24.9 Å². The molecule has 1 atom stereocenters. The largest absolute Gasteiger partial charge is 0.504 e. The number of hydrogen-bond donors (Lipinski definition) is 0. The molecular formula is C20H47NO3Si3. The summed E-state index contributed by atoms with van der Waals surface area (Å²) in [4.78, 5) is 13.0. The van der Waals surface area contributed by atoms with Crippen LogP contribution in [0.4, 0.5) is 4.79 Å². The first-order chi connectivity index (χ1) is 12.4. The molecule has 0 radical (unpaired) electrons. The normalized spacial score (nSPS) is 14.1. The van der Waals surface area contributed by atoms with Crippen LogP contribution in [-0.2, 0) is 8.85 Å². The average Bonchev–Trinajstić information content (AvgIpc) is 2.57. The first kappa shape index (κ1) is 26.9. The number of rotatable bonds is 13. The van der Waals surface area contributed by atoms with E-state index >= 15 is 0 Å². The number of carbonyl (C=O) groups excluding carboxylic acids is 1. The summed E-state index contributed by atoms with van der Waals surface area (Å²) in [5.41, 5.74) is 0. The van der Waals surface area contributed by atoms with Crippen molar-refractivity contribution in [2.45, 2.75) is 117 Å². The SMILES string of the molecule is CCC(C)O[Si](C)(C)CCCCN(C(=O)O[Si](CC)(CC)CC)[Si](C)(C)C. The zero-order chi connectivity index (χ0) is 21.3. The summed E-state index contributed by atoms with van der Waals surface area (Å²) in [5.74, 6) is 0. The molecule has 0 aliphatic carbocycles. The van der Waals surface area contributed by atoms with E-state index in [4.69, 9.17) is 8.85 Å². The predicted octanol–water partition coefficient (Wildman–Crippen LogP) is 7.07. The van der Waals surface area contributed by atoms with Crippen LogP contribution in [-0.4, -0.2) is 48.2 Å². The first-order valence-electron chi connectivity index (χ1n) is 11.0. The van der Waals surface area contributed by atoms with Gasteiger partial charge < -0.3 is 13.4 Å². The Hall–Kier alpha value is -0.119. The van der Waals surface area contributed by atoms with E-state index in [1.165, 1.54) is 0 Å². The zero-order valence-corrected chi connectivity index (χ0v) is 22.9. The molecule has 0 saturated heterocycles. The molecule has 7 heteroatoms. The summed E-state index contributed by atoms with van der Waals surface area (Å²) in [6.07, 6.45) is 3.55. The van der Waals surface area contributed by atoms with Crippen molar-refractivity contribution in [1.82, 2.24) is 4.57 Å². The molecule has 0 aromatic heterocycles. The van der Waals surface area contributed by atoms with Gasteiger partial charge in [0.15, 0.2) is 16.6 Å². The van der Waals surface area contributed by atoms with Crippen LogP contribution in [0.25, 0.3) is 0 Å². The highest BCUT2D eigenvalue weighted by Crippen LogP contribution is 2.25. The topological polar surface area (TPSA) is 38.8 Å². The van der Waals surface area contributed by atoms with Crippen LogP contribution in [0.3, 0.4) is 0 Å². The second-order valence-corrected chi connectivity index (χ2v) is 23.3. The van der Waals surface area contributed by atoms with Crippen molar-refractivity contribution in [3.63, 3.8) is 0 Å². The fourth-order valence-corrected chi connectivity index (χ4v) is 9.82. The van der Waals surface area contributed by atoms with E-state index in [0.29, 0.717) is 6.10 Å². The Morgan fingerprint density at radius 3 is 1.85 bits per heavy atom. The quantitative estimate of drug-likeness (QED) is 0.230. The molecule has 0 aliphatic rings. The van der Waals surface area contributed by atoms with Crippen molar-refractivity contribution in [2.75, 3.05) is 6.54 Å². The fraction of sp³-hybridized carbons (Fsp3) is 0.950. The van der Waals surface area contributed by atoms with Gasteiger partial charge in [-0.2, -0.15) is 0 Å². The van der Waals surface area contributed by atoms with Crippen LogP contribution in [0.1, 0.15) is 53.9 Å². The van der Waals surface area contributed by atoms with E-state index in [2.05, 4.69) is 71.9 Å². The average molecular weight is 434 g/mol. The van der Waals surface area contributed by atoms with Gasteiger partial charge in [0.25, 0.3) is 8.32 Å². The molecule has 4 nitrogen and oxygen atoms in total. The maximum Gasteiger partial charge on any atom is 0.388 e. The van der Waals surface area contributed by atoms with E-state index in [1.807, 2.05) is 0 Å². The Balaban J connectivity index is 4.80. The Kier molecular flexibility index (Phi) is 11.7. The van der Waals surface area contributed by atoms with Gasteiger partial charge in [-0.15, -0.1) is 0 Å². The van der Waals surface area contributed by atoms with Gasteiger partial charge >= 0.3 is 6.09 Å². The summed E-state index contributed by atoms with van der Waals surface area (Å²) < 4.78 is 14.5. The number of carbonyl (C=O) groups is 1. The second-order valence-electron chi connectivity index (χ2n) is 9.49. The number of nitrogens with zero attached hydrogens (tertiary/aromatic N) is 1. The van der Waals surface area contributed by atoms with Crippen LogP contribution in [0.5, 0.6) is 0 Å². The van der Waals surface area contributed by atoms with Gasteiger partial charge in [0.2, 0.25) is 0 Å². The van der Waals surface area contributed by atoms with Crippen molar-refractivity contribution in [3.8, 4) is 0 Å². The van der Waals surface area contributed by atoms with Gasteiger partial charge in [0.1, 0.15) is 0 Å². The lowest BCUT2D eigenvalue weighted by Gasteiger charge is -2.38. The van der Waals surface area contributed by atoms with Crippen LogP contribution >= 0.6 is 0 Å². The molecule has 0 heterocycles. The lowest BCUT2D eigenvalue weighted by atomic mass is 10.3. The fourth-order valence-electron chi connectivity index (χ4n) is 3.41. The third kappa shape index (κ3) is 9.76. The maximum absolute atomic E-state index is 13.0. The third-order valence-corrected chi connectivity index (χ3v) is 14.9. The Morgan fingerprint density at radius 2 is 1.44 bits per heavy atom. The van der Waals surface area contributed by atoms with Crippen molar-refractivity contribution in [1.29, 1.82) is 0 Å². The highest BCUT2D eigenvalue weighted by atomic mass is 28.4. The van der Waals surface area contributed by atoms with Gasteiger partial charge in [-0.1, -0.05) is 53.8 Å². The molecular weight excluding hydrogens is 386 g/mol. The van der Waals surface area contributed by atoms with E-state index in [0.717, 1.165) is 50.0 Å². The van der Waals surface area contributed by atoms with Gasteiger partial charge in [-0.3, -0.25) is 0 Å². The molecule has 0 saturated carbocycles. The molecule has 0 fully saturated rings. The minimum absolute atomic E-state index is 0.0428. The maximum atomic E-state index is 13.0. The zero-order valence-electron chi connectivity index (χ0n) is 19.9. The lowest BCUT2D eigenvalue weighted by molar-refractivity contribution is 0.172. The molecule has 27 heavy (non-hydrogen) atoms. The highest BCUT2D eigenvalue weighted by Gasteiger charge is 2.37. The minimum atomic E-state index is -1.90. The van der Waals surface area contributed by atoms with E-state index in [-0.39, 0.29) is 6.09 Å².